The summed E-state index contributed by atoms with van der Waals surface area (Å²) in [4.78, 5) is 8.73. The standard InChI is InChI=1S/C22H19F3N2/c23-22(24,25)18-9-16-19-14-7-11-4-12(8-14)6-13(5-11)17(19)10-27-20(16)15-2-1-3-26-21(15)18/h1-3,9-14H,4-8H2. The summed E-state index contributed by atoms with van der Waals surface area (Å²) >= 11 is 0. The van der Waals surface area contributed by atoms with Gasteiger partial charge in [-0.3, -0.25) is 9.97 Å². The molecule has 2 saturated carbocycles. The van der Waals surface area contributed by atoms with Gasteiger partial charge in [0, 0.05) is 23.2 Å². The Bertz CT molecular complexity index is 1070. The van der Waals surface area contributed by atoms with Crippen LogP contribution in [0.5, 0.6) is 0 Å². The highest BCUT2D eigenvalue weighted by Crippen LogP contribution is 2.57. The lowest BCUT2D eigenvalue weighted by Crippen LogP contribution is -2.25. The lowest BCUT2D eigenvalue weighted by atomic mass is 9.67. The van der Waals surface area contributed by atoms with Gasteiger partial charge in [0.15, 0.2) is 0 Å². The first-order valence-electron chi connectivity index (χ1n) is 9.76. The Balaban J connectivity index is 1.74. The molecule has 27 heavy (non-hydrogen) atoms. The summed E-state index contributed by atoms with van der Waals surface area (Å²) in [5.74, 6) is 2.28. The van der Waals surface area contributed by atoms with Crippen LogP contribution in [-0.4, -0.2) is 9.97 Å². The molecule has 0 amide bonds. The van der Waals surface area contributed by atoms with E-state index in [-0.39, 0.29) is 5.52 Å². The van der Waals surface area contributed by atoms with Crippen LogP contribution >= 0.6 is 0 Å². The molecule has 2 atom stereocenters. The smallest absolute Gasteiger partial charge is 0.256 e. The van der Waals surface area contributed by atoms with Gasteiger partial charge in [-0.1, -0.05) is 0 Å². The first-order chi connectivity index (χ1) is 13.0. The first kappa shape index (κ1) is 15.8. The van der Waals surface area contributed by atoms with Gasteiger partial charge in [0.1, 0.15) is 0 Å². The van der Waals surface area contributed by atoms with Crippen LogP contribution in [-0.2, 0) is 6.18 Å². The van der Waals surface area contributed by atoms with Crippen molar-refractivity contribution in [3.63, 3.8) is 0 Å². The lowest BCUT2D eigenvalue weighted by Gasteiger charge is -2.38. The van der Waals surface area contributed by atoms with E-state index in [0.717, 1.165) is 30.2 Å². The van der Waals surface area contributed by atoms with E-state index >= 15 is 0 Å². The summed E-state index contributed by atoms with van der Waals surface area (Å²) in [5.41, 5.74) is 2.42. The van der Waals surface area contributed by atoms with Crippen LogP contribution in [0.1, 0.15) is 60.6 Å². The van der Waals surface area contributed by atoms with E-state index in [0.29, 0.717) is 28.1 Å². The Labute approximate surface area is 154 Å². The van der Waals surface area contributed by atoms with Crippen LogP contribution in [0.25, 0.3) is 21.8 Å². The molecule has 0 saturated heterocycles. The number of hydrogen-bond donors (Lipinski definition) is 0. The van der Waals surface area contributed by atoms with Crippen molar-refractivity contribution in [2.45, 2.75) is 50.1 Å². The quantitative estimate of drug-likeness (QED) is 0.442. The number of fused-ring (bicyclic) bond motifs is 3. The Morgan fingerprint density at radius 1 is 0.852 bits per heavy atom. The van der Waals surface area contributed by atoms with Crippen molar-refractivity contribution in [3.05, 3.63) is 47.3 Å². The van der Waals surface area contributed by atoms with Crippen LogP contribution in [0, 0.1) is 11.8 Å². The summed E-state index contributed by atoms with van der Waals surface area (Å²) < 4.78 is 41.5. The molecule has 2 fully saturated rings. The van der Waals surface area contributed by atoms with Crippen LogP contribution in [0.15, 0.2) is 30.6 Å². The van der Waals surface area contributed by atoms with Gasteiger partial charge >= 0.3 is 6.18 Å². The zero-order valence-corrected chi connectivity index (χ0v) is 14.8. The highest BCUT2D eigenvalue weighted by molar-refractivity contribution is 6.07. The van der Waals surface area contributed by atoms with E-state index < -0.39 is 11.7 Å². The van der Waals surface area contributed by atoms with Gasteiger partial charge in [-0.05, 0) is 85.1 Å². The molecule has 1 aromatic carbocycles. The summed E-state index contributed by atoms with van der Waals surface area (Å²) in [7, 11) is 0. The van der Waals surface area contributed by atoms with Crippen molar-refractivity contribution in [2.24, 2.45) is 11.8 Å². The molecule has 7 rings (SSSR count). The maximum absolute atomic E-state index is 13.8. The molecule has 0 radical (unpaired) electrons. The van der Waals surface area contributed by atoms with E-state index in [1.54, 1.807) is 12.1 Å². The average molecular weight is 368 g/mol. The van der Waals surface area contributed by atoms with E-state index in [4.69, 9.17) is 0 Å². The van der Waals surface area contributed by atoms with Gasteiger partial charge in [0.05, 0.1) is 16.6 Å². The summed E-state index contributed by atoms with van der Waals surface area (Å²) in [5, 5.41) is 1.22. The number of hydrogen-bond acceptors (Lipinski definition) is 2. The fourth-order valence-electron chi connectivity index (χ4n) is 6.28. The monoisotopic (exact) mass is 368 g/mol. The predicted octanol–water partition coefficient (Wildman–Crippen LogP) is 6.19. The molecular formula is C22H19F3N2. The summed E-state index contributed by atoms with van der Waals surface area (Å²) in [6.45, 7) is 0. The number of pyridine rings is 2. The number of aromatic nitrogens is 2. The van der Waals surface area contributed by atoms with E-state index in [1.807, 2.05) is 6.20 Å². The summed E-state index contributed by atoms with van der Waals surface area (Å²) in [6, 6.07) is 4.76. The first-order valence-corrected chi connectivity index (χ1v) is 9.76. The van der Waals surface area contributed by atoms with Crippen molar-refractivity contribution >= 4 is 21.8 Å². The van der Waals surface area contributed by atoms with Crippen molar-refractivity contribution in [3.8, 4) is 0 Å². The highest BCUT2D eigenvalue weighted by atomic mass is 19.4. The molecule has 0 N–H and O–H groups in total. The Hall–Kier alpha value is -2.17. The van der Waals surface area contributed by atoms with Crippen molar-refractivity contribution < 1.29 is 13.2 Å². The van der Waals surface area contributed by atoms with Gasteiger partial charge in [-0.15, -0.1) is 0 Å². The average Bonchev–Trinajstić information content (AvgIpc) is 2.81. The van der Waals surface area contributed by atoms with Gasteiger partial charge < -0.3 is 0 Å². The minimum absolute atomic E-state index is 0.00407. The second-order valence-corrected chi connectivity index (χ2v) is 8.65. The normalized spacial score (nSPS) is 29.3. The Kier molecular flexibility index (Phi) is 3.06. The fourth-order valence-corrected chi connectivity index (χ4v) is 6.28. The van der Waals surface area contributed by atoms with Crippen LogP contribution < -0.4 is 0 Å². The third kappa shape index (κ3) is 2.20. The molecule has 138 valence electrons. The molecule has 5 heteroatoms. The van der Waals surface area contributed by atoms with Crippen LogP contribution in [0.2, 0.25) is 0 Å². The molecular weight excluding hydrogens is 349 g/mol. The third-order valence-corrected chi connectivity index (χ3v) is 7.09. The fraction of sp³-hybridized carbons (Fsp3) is 0.455. The number of nitrogens with zero attached hydrogens (tertiary/aromatic N) is 2. The number of halogens is 3. The van der Waals surface area contributed by atoms with Crippen molar-refractivity contribution in [1.82, 2.24) is 9.97 Å². The molecule has 3 aromatic rings. The molecule has 2 nitrogen and oxygen atoms in total. The molecule has 2 aromatic heterocycles. The van der Waals surface area contributed by atoms with Gasteiger partial charge in [-0.25, -0.2) is 0 Å². The second-order valence-electron chi connectivity index (χ2n) is 8.65. The number of rotatable bonds is 0. The molecule has 0 spiro atoms. The SMILES string of the molecule is FC(F)(F)c1cc2c3c(cnc2c2cccnc12)C1CC2CC(C1)CC3C2. The number of alkyl halides is 3. The maximum atomic E-state index is 13.8. The third-order valence-electron chi connectivity index (χ3n) is 7.09. The highest BCUT2D eigenvalue weighted by Gasteiger charge is 2.43. The molecule has 4 bridgehead atoms. The lowest BCUT2D eigenvalue weighted by molar-refractivity contribution is -0.136. The van der Waals surface area contributed by atoms with Crippen molar-refractivity contribution in [2.75, 3.05) is 0 Å². The van der Waals surface area contributed by atoms with Crippen molar-refractivity contribution in [1.29, 1.82) is 0 Å². The zero-order chi connectivity index (χ0) is 18.3. The maximum Gasteiger partial charge on any atom is 0.418 e. The number of benzene rings is 1. The predicted molar refractivity (Wildman–Crippen MR) is 97.6 cm³/mol. The van der Waals surface area contributed by atoms with Gasteiger partial charge in [0.25, 0.3) is 0 Å². The Morgan fingerprint density at radius 2 is 1.59 bits per heavy atom. The minimum atomic E-state index is -4.43. The van der Waals surface area contributed by atoms with Crippen LogP contribution in [0.3, 0.4) is 0 Å². The molecule has 4 aliphatic carbocycles. The molecule has 2 unspecified atom stereocenters. The van der Waals surface area contributed by atoms with Crippen LogP contribution in [0.4, 0.5) is 13.2 Å². The summed E-state index contributed by atoms with van der Waals surface area (Å²) in [6.07, 6.45) is 4.84. The topological polar surface area (TPSA) is 25.8 Å². The van der Waals surface area contributed by atoms with E-state index in [1.165, 1.54) is 37.1 Å². The minimum Gasteiger partial charge on any atom is -0.256 e. The molecule has 0 aliphatic heterocycles. The van der Waals surface area contributed by atoms with Gasteiger partial charge in [-0.2, -0.15) is 13.2 Å². The second kappa shape index (κ2) is 5.21. The largest absolute Gasteiger partial charge is 0.418 e. The van der Waals surface area contributed by atoms with E-state index in [2.05, 4.69) is 9.97 Å². The molecule has 2 heterocycles. The Morgan fingerprint density at radius 3 is 2.33 bits per heavy atom. The zero-order valence-electron chi connectivity index (χ0n) is 14.8. The molecule has 4 aliphatic rings. The van der Waals surface area contributed by atoms with E-state index in [9.17, 15) is 13.2 Å². The van der Waals surface area contributed by atoms with Gasteiger partial charge in [0.2, 0.25) is 0 Å².